The molecule has 0 bridgehead atoms. The minimum Gasteiger partial charge on any atom is -0.497 e. The maximum absolute atomic E-state index is 12.5. The molecule has 26 heavy (non-hydrogen) atoms. The van der Waals surface area contributed by atoms with E-state index < -0.39 is 0 Å². The predicted molar refractivity (Wildman–Crippen MR) is 100 cm³/mol. The van der Waals surface area contributed by atoms with Crippen LogP contribution in [0.5, 0.6) is 11.5 Å². The number of carbonyl (C=O) groups excluding carboxylic acids is 1. The van der Waals surface area contributed by atoms with Gasteiger partial charge in [0.15, 0.2) is 0 Å². The van der Waals surface area contributed by atoms with Crippen molar-refractivity contribution < 1.29 is 14.3 Å². The van der Waals surface area contributed by atoms with E-state index in [4.69, 9.17) is 15.3 Å². The first-order valence-electron chi connectivity index (χ1n) is 8.81. The van der Waals surface area contributed by atoms with Gasteiger partial charge in [-0.25, -0.2) is 10.6 Å². The van der Waals surface area contributed by atoms with Crippen LogP contribution in [-0.2, 0) is 6.42 Å². The fourth-order valence-electron chi connectivity index (χ4n) is 3.19. The Kier molecular flexibility index (Phi) is 5.63. The molecular formula is C20H25N3O3. The molecule has 2 aromatic rings. The molecule has 2 N–H and O–H groups in total. The zero-order chi connectivity index (χ0) is 18.5. The van der Waals surface area contributed by atoms with Gasteiger partial charge in [-0.15, -0.1) is 0 Å². The molecule has 138 valence electrons. The minimum absolute atomic E-state index is 0.0545. The summed E-state index contributed by atoms with van der Waals surface area (Å²) in [5.41, 5.74) is 2.21. The Balaban J connectivity index is 1.69. The second-order valence-electron chi connectivity index (χ2n) is 6.24. The second kappa shape index (κ2) is 8.10. The monoisotopic (exact) mass is 355 g/mol. The van der Waals surface area contributed by atoms with Gasteiger partial charge in [0.25, 0.3) is 0 Å². The molecule has 1 aliphatic heterocycles. The number of urea groups is 1. The molecule has 0 aromatic heterocycles. The second-order valence-corrected chi connectivity index (χ2v) is 6.24. The van der Waals surface area contributed by atoms with E-state index in [1.165, 1.54) is 5.01 Å². The third-order valence-electron chi connectivity index (χ3n) is 4.61. The summed E-state index contributed by atoms with van der Waals surface area (Å²) in [7, 11) is 1.64. The van der Waals surface area contributed by atoms with Crippen LogP contribution in [0.25, 0.3) is 0 Å². The number of methoxy groups -OCH3 is 1. The number of hydrazine groups is 1. The van der Waals surface area contributed by atoms with Gasteiger partial charge in [0.1, 0.15) is 11.5 Å². The zero-order valence-electron chi connectivity index (χ0n) is 15.2. The molecular weight excluding hydrogens is 330 g/mol. The summed E-state index contributed by atoms with van der Waals surface area (Å²) in [6, 6.07) is 15.6. The number of hydrogen-bond donors (Lipinski definition) is 1. The molecule has 1 unspecified atom stereocenters. The van der Waals surface area contributed by atoms with E-state index in [2.05, 4.69) is 0 Å². The topological polar surface area (TPSA) is 68.0 Å². The van der Waals surface area contributed by atoms with Crippen molar-refractivity contribution >= 4 is 6.03 Å². The maximum Gasteiger partial charge on any atom is 0.334 e. The molecule has 1 atom stereocenters. The predicted octanol–water partition coefficient (Wildman–Crippen LogP) is 2.99. The maximum atomic E-state index is 12.5. The molecule has 1 fully saturated rings. The van der Waals surface area contributed by atoms with Crippen LogP contribution >= 0.6 is 0 Å². The number of benzene rings is 2. The Hall–Kier alpha value is -2.73. The van der Waals surface area contributed by atoms with Crippen LogP contribution < -0.4 is 15.3 Å². The van der Waals surface area contributed by atoms with Crippen LogP contribution in [0.1, 0.15) is 24.1 Å². The molecule has 2 aromatic carbocycles. The van der Waals surface area contributed by atoms with Crippen LogP contribution in [-0.4, -0.2) is 42.7 Å². The standard InChI is InChI=1S/C20H25N3O3/c1-3-26-18-8-4-15(5-9-18)12-13-22-19(14-23(21)20(22)24)16-6-10-17(25-2)11-7-16/h4-11,19H,3,12-14,21H2,1-2H3. The molecule has 1 heterocycles. The quantitative estimate of drug-likeness (QED) is 0.612. The van der Waals surface area contributed by atoms with Gasteiger partial charge in [0, 0.05) is 6.54 Å². The van der Waals surface area contributed by atoms with Gasteiger partial charge in [-0.3, -0.25) is 5.01 Å². The number of rotatable bonds is 7. The highest BCUT2D eigenvalue weighted by molar-refractivity contribution is 5.77. The van der Waals surface area contributed by atoms with E-state index in [9.17, 15) is 4.79 Å². The molecule has 6 heteroatoms. The van der Waals surface area contributed by atoms with Gasteiger partial charge in [-0.1, -0.05) is 24.3 Å². The number of hydrogen-bond acceptors (Lipinski definition) is 4. The summed E-state index contributed by atoms with van der Waals surface area (Å²) in [6.07, 6.45) is 0.763. The van der Waals surface area contributed by atoms with Crippen molar-refractivity contribution in [3.63, 3.8) is 0 Å². The highest BCUT2D eigenvalue weighted by atomic mass is 16.5. The summed E-state index contributed by atoms with van der Waals surface area (Å²) in [6.45, 7) is 3.70. The number of ether oxygens (including phenoxy) is 2. The van der Waals surface area contributed by atoms with E-state index in [0.717, 1.165) is 29.0 Å². The van der Waals surface area contributed by atoms with Crippen molar-refractivity contribution in [2.24, 2.45) is 5.84 Å². The molecule has 0 spiro atoms. The lowest BCUT2D eigenvalue weighted by Gasteiger charge is -2.23. The Morgan fingerprint density at radius 3 is 2.35 bits per heavy atom. The van der Waals surface area contributed by atoms with Crippen molar-refractivity contribution in [3.8, 4) is 11.5 Å². The number of nitrogens with two attached hydrogens (primary N) is 1. The number of nitrogens with zero attached hydrogens (tertiary/aromatic N) is 2. The summed E-state index contributed by atoms with van der Waals surface area (Å²) < 4.78 is 10.7. The van der Waals surface area contributed by atoms with Gasteiger partial charge < -0.3 is 14.4 Å². The van der Waals surface area contributed by atoms with E-state index >= 15 is 0 Å². The SMILES string of the molecule is CCOc1ccc(CCN2C(=O)N(N)CC2c2ccc(OC)cc2)cc1. The molecule has 1 aliphatic rings. The van der Waals surface area contributed by atoms with Gasteiger partial charge in [0.05, 0.1) is 26.3 Å². The summed E-state index contributed by atoms with van der Waals surface area (Å²) in [4.78, 5) is 14.3. The van der Waals surface area contributed by atoms with Crippen molar-refractivity contribution in [2.45, 2.75) is 19.4 Å². The molecule has 3 rings (SSSR count). The largest absolute Gasteiger partial charge is 0.497 e. The highest BCUT2D eigenvalue weighted by Gasteiger charge is 2.36. The fourth-order valence-corrected chi connectivity index (χ4v) is 3.19. The minimum atomic E-state index is -0.142. The number of amides is 2. The van der Waals surface area contributed by atoms with Crippen LogP contribution in [0.15, 0.2) is 48.5 Å². The van der Waals surface area contributed by atoms with Gasteiger partial charge >= 0.3 is 6.03 Å². The average molecular weight is 355 g/mol. The first-order chi connectivity index (χ1) is 12.6. The lowest BCUT2D eigenvalue weighted by molar-refractivity contribution is 0.187. The van der Waals surface area contributed by atoms with Crippen LogP contribution in [0.4, 0.5) is 4.79 Å². The number of carbonyl (C=O) groups is 1. The fraction of sp³-hybridized carbons (Fsp3) is 0.350. The normalized spacial score (nSPS) is 16.9. The van der Waals surface area contributed by atoms with Crippen molar-refractivity contribution in [2.75, 3.05) is 26.8 Å². The van der Waals surface area contributed by atoms with E-state index in [-0.39, 0.29) is 12.1 Å². The Bertz CT molecular complexity index is 731. The lowest BCUT2D eigenvalue weighted by atomic mass is 10.1. The first-order valence-corrected chi connectivity index (χ1v) is 8.81. The summed E-state index contributed by atoms with van der Waals surface area (Å²) in [5.74, 6) is 7.53. The van der Waals surface area contributed by atoms with Crippen molar-refractivity contribution in [1.29, 1.82) is 0 Å². The van der Waals surface area contributed by atoms with Gasteiger partial charge in [-0.2, -0.15) is 0 Å². The van der Waals surface area contributed by atoms with Gasteiger partial charge in [-0.05, 0) is 48.7 Å². The molecule has 6 nitrogen and oxygen atoms in total. The van der Waals surface area contributed by atoms with Crippen molar-refractivity contribution in [1.82, 2.24) is 9.91 Å². The smallest absolute Gasteiger partial charge is 0.334 e. The summed E-state index contributed by atoms with van der Waals surface area (Å²) >= 11 is 0. The Morgan fingerprint density at radius 1 is 1.08 bits per heavy atom. The summed E-state index contributed by atoms with van der Waals surface area (Å²) in [5, 5.41) is 1.28. The lowest BCUT2D eigenvalue weighted by Crippen LogP contribution is -2.37. The van der Waals surface area contributed by atoms with Crippen LogP contribution in [0.3, 0.4) is 0 Å². The molecule has 2 amide bonds. The zero-order valence-corrected chi connectivity index (χ0v) is 15.2. The first kappa shape index (κ1) is 18.1. The molecule has 0 radical (unpaired) electrons. The van der Waals surface area contributed by atoms with Gasteiger partial charge in [0.2, 0.25) is 0 Å². The third-order valence-corrected chi connectivity index (χ3v) is 4.61. The van der Waals surface area contributed by atoms with Crippen LogP contribution in [0.2, 0.25) is 0 Å². The van der Waals surface area contributed by atoms with E-state index in [1.54, 1.807) is 7.11 Å². The van der Waals surface area contributed by atoms with E-state index in [0.29, 0.717) is 19.7 Å². The average Bonchev–Trinajstić information content (AvgIpc) is 2.96. The van der Waals surface area contributed by atoms with E-state index in [1.807, 2.05) is 60.4 Å². The molecule has 0 saturated carbocycles. The highest BCUT2D eigenvalue weighted by Crippen LogP contribution is 2.29. The van der Waals surface area contributed by atoms with Crippen LogP contribution in [0, 0.1) is 0 Å². The molecule has 1 saturated heterocycles. The van der Waals surface area contributed by atoms with Crippen molar-refractivity contribution in [3.05, 3.63) is 59.7 Å². The Morgan fingerprint density at radius 2 is 1.73 bits per heavy atom. The third kappa shape index (κ3) is 3.91. The Labute approximate surface area is 154 Å². The molecule has 0 aliphatic carbocycles.